The van der Waals surface area contributed by atoms with E-state index >= 15 is 0 Å². The second-order valence-electron chi connectivity index (χ2n) is 8.85. The van der Waals surface area contributed by atoms with Crippen molar-refractivity contribution in [1.82, 2.24) is 0 Å². The summed E-state index contributed by atoms with van der Waals surface area (Å²) in [5, 5.41) is 0. The molecule has 1 nitrogen and oxygen atoms in total. The van der Waals surface area contributed by atoms with Crippen molar-refractivity contribution in [2.24, 2.45) is 5.92 Å². The van der Waals surface area contributed by atoms with Gasteiger partial charge in [0.1, 0.15) is 0 Å². The molecule has 0 bridgehead atoms. The standard InChI is InChI=1S/C29H21.C4H10N.Ru/c1-5-13-22(14-6-1)26-21-27(23-15-7-2-8-16-23)29(25-19-11-4-12-20-25)28(26)24-17-9-3-10-18-24;1-4(2)3-5;/h1-20,26H;4-5H,3H2,1-2H3;/q2*-1;+2. The molecule has 35 heavy (non-hydrogen) atoms. The maximum Gasteiger partial charge on any atom is 2.00 e. The van der Waals surface area contributed by atoms with E-state index < -0.39 is 0 Å². The van der Waals surface area contributed by atoms with Crippen LogP contribution < -0.4 is 0 Å². The van der Waals surface area contributed by atoms with E-state index in [9.17, 15) is 0 Å². The molecule has 4 aromatic rings. The van der Waals surface area contributed by atoms with E-state index in [1.54, 1.807) is 0 Å². The van der Waals surface area contributed by atoms with Crippen LogP contribution in [0.2, 0.25) is 0 Å². The van der Waals surface area contributed by atoms with Gasteiger partial charge in [0.15, 0.2) is 0 Å². The third-order valence-electron chi connectivity index (χ3n) is 5.85. The van der Waals surface area contributed by atoms with E-state index in [-0.39, 0.29) is 25.4 Å². The van der Waals surface area contributed by atoms with Gasteiger partial charge >= 0.3 is 19.5 Å². The van der Waals surface area contributed by atoms with Gasteiger partial charge in [0.2, 0.25) is 0 Å². The zero-order chi connectivity index (χ0) is 23.8. The second kappa shape index (κ2) is 13.1. The van der Waals surface area contributed by atoms with E-state index in [4.69, 9.17) is 5.73 Å². The predicted octanol–water partition coefficient (Wildman–Crippen LogP) is 8.97. The molecule has 4 aromatic carbocycles. The zero-order valence-corrected chi connectivity index (χ0v) is 22.0. The quantitative estimate of drug-likeness (QED) is 0.178. The number of nitrogens with one attached hydrogen (secondary N) is 1. The molecule has 5 rings (SSSR count). The van der Waals surface area contributed by atoms with Crippen molar-refractivity contribution < 1.29 is 19.5 Å². The summed E-state index contributed by atoms with van der Waals surface area (Å²) in [6, 6.07) is 42.8. The summed E-state index contributed by atoms with van der Waals surface area (Å²) < 4.78 is 0. The Bertz CT molecular complexity index is 1230. The maximum atomic E-state index is 6.66. The third-order valence-corrected chi connectivity index (χ3v) is 5.85. The number of benzene rings is 4. The van der Waals surface area contributed by atoms with E-state index in [0.717, 1.165) is 0 Å². The Balaban J connectivity index is 0.000000521. The van der Waals surface area contributed by atoms with Crippen LogP contribution in [0.4, 0.5) is 0 Å². The molecule has 0 fully saturated rings. The summed E-state index contributed by atoms with van der Waals surface area (Å²) >= 11 is 0. The predicted molar refractivity (Wildman–Crippen MR) is 146 cm³/mol. The molecule has 0 saturated carbocycles. The minimum Gasteiger partial charge on any atom is -0.677 e. The fraction of sp³-hybridized carbons (Fsp3) is 0.152. The summed E-state index contributed by atoms with van der Waals surface area (Å²) in [4.78, 5) is 0. The van der Waals surface area contributed by atoms with Gasteiger partial charge in [0.05, 0.1) is 0 Å². The number of allylic oxidation sites excluding steroid dienone is 4. The smallest absolute Gasteiger partial charge is 0.677 e. The summed E-state index contributed by atoms with van der Waals surface area (Å²) in [5.74, 6) is 0.652. The van der Waals surface area contributed by atoms with Gasteiger partial charge in [-0.25, -0.2) is 0 Å². The monoisotopic (exact) mass is 543 g/mol. The van der Waals surface area contributed by atoms with Crippen LogP contribution >= 0.6 is 0 Å². The molecule has 0 aromatic heterocycles. The van der Waals surface area contributed by atoms with Gasteiger partial charge in [-0.2, -0.15) is 11.6 Å². The van der Waals surface area contributed by atoms with Crippen LogP contribution in [0.25, 0.3) is 22.5 Å². The molecule has 0 heterocycles. The number of hydrogen-bond acceptors (Lipinski definition) is 0. The molecule has 1 unspecified atom stereocenters. The molecule has 1 aliphatic carbocycles. The molecular weight excluding hydrogens is 511 g/mol. The van der Waals surface area contributed by atoms with Crippen LogP contribution in [0.15, 0.2) is 121 Å². The number of rotatable bonds is 5. The van der Waals surface area contributed by atoms with Crippen molar-refractivity contribution in [3.05, 3.63) is 155 Å². The Labute approximate surface area is 223 Å². The van der Waals surface area contributed by atoms with E-state index in [2.05, 4.69) is 127 Å². The normalized spacial score (nSPS) is 14.6. The van der Waals surface area contributed by atoms with Crippen LogP contribution in [0.3, 0.4) is 0 Å². The Morgan fingerprint density at radius 1 is 0.629 bits per heavy atom. The van der Waals surface area contributed by atoms with Crippen molar-refractivity contribution in [2.75, 3.05) is 6.54 Å². The summed E-state index contributed by atoms with van der Waals surface area (Å²) in [6.07, 6.45) is 3.86. The molecule has 1 aliphatic rings. The minimum atomic E-state index is 0. The Hall–Kier alpha value is -3.06. The first-order valence-electron chi connectivity index (χ1n) is 11.9. The zero-order valence-electron chi connectivity index (χ0n) is 20.3. The first-order valence-corrected chi connectivity index (χ1v) is 11.9. The van der Waals surface area contributed by atoms with Crippen LogP contribution in [-0.4, -0.2) is 6.54 Å². The Morgan fingerprint density at radius 2 is 1.03 bits per heavy atom. The summed E-state index contributed by atoms with van der Waals surface area (Å²) in [6.45, 7) is 4.62. The van der Waals surface area contributed by atoms with Gasteiger partial charge in [0.25, 0.3) is 0 Å². The Kier molecular flexibility index (Phi) is 9.97. The number of hydrogen-bond donors (Lipinski definition) is 0. The maximum absolute atomic E-state index is 6.66. The average molecular weight is 543 g/mol. The molecule has 2 heteroatoms. The molecule has 176 valence electrons. The van der Waals surface area contributed by atoms with Crippen molar-refractivity contribution >= 4 is 16.7 Å². The fourth-order valence-corrected chi connectivity index (χ4v) is 4.13. The van der Waals surface area contributed by atoms with E-state index in [1.807, 2.05) is 13.8 Å². The van der Waals surface area contributed by atoms with Gasteiger partial charge in [-0.05, 0) is 17.0 Å². The summed E-state index contributed by atoms with van der Waals surface area (Å²) in [7, 11) is 0. The molecule has 1 N–H and O–H groups in total. The second-order valence-corrected chi connectivity index (χ2v) is 8.85. The first-order chi connectivity index (χ1) is 16.7. The van der Waals surface area contributed by atoms with Crippen molar-refractivity contribution in [3.63, 3.8) is 0 Å². The molecule has 0 radical (unpaired) electrons. The molecule has 1 atom stereocenters. The first kappa shape index (κ1) is 26.5. The molecule has 0 aliphatic heterocycles. The van der Waals surface area contributed by atoms with Crippen LogP contribution in [0.1, 0.15) is 42.0 Å². The van der Waals surface area contributed by atoms with Gasteiger partial charge in [0, 0.05) is 0 Å². The SMILES string of the molecule is CC(C)C[NH-].[C-]1=C(c2ccccc2)C(c2ccccc2)=C(c2ccccc2)C1c1ccccc1.[Ru+2]. The Morgan fingerprint density at radius 3 is 1.49 bits per heavy atom. The van der Waals surface area contributed by atoms with Crippen LogP contribution in [0, 0.1) is 12.0 Å². The largest absolute Gasteiger partial charge is 2.00 e. The van der Waals surface area contributed by atoms with E-state index in [1.165, 1.54) is 39.0 Å². The molecule has 0 amide bonds. The fourth-order valence-electron chi connectivity index (χ4n) is 4.13. The third kappa shape index (κ3) is 6.54. The van der Waals surface area contributed by atoms with Crippen LogP contribution in [-0.2, 0) is 19.5 Å². The van der Waals surface area contributed by atoms with Crippen molar-refractivity contribution in [1.29, 1.82) is 0 Å². The molecular formula is C33H31NRu. The van der Waals surface area contributed by atoms with Crippen molar-refractivity contribution in [2.45, 2.75) is 19.8 Å². The van der Waals surface area contributed by atoms with Gasteiger partial charge in [-0.1, -0.05) is 140 Å². The van der Waals surface area contributed by atoms with Gasteiger partial charge in [-0.3, -0.25) is 0 Å². The average Bonchev–Trinajstić information content (AvgIpc) is 3.32. The minimum absolute atomic E-state index is 0. The van der Waals surface area contributed by atoms with Crippen LogP contribution in [0.5, 0.6) is 0 Å². The molecule has 0 spiro atoms. The summed E-state index contributed by atoms with van der Waals surface area (Å²) in [5.41, 5.74) is 15.4. The van der Waals surface area contributed by atoms with Gasteiger partial charge in [-0.15, -0.1) is 29.8 Å². The van der Waals surface area contributed by atoms with E-state index in [0.29, 0.717) is 12.5 Å². The van der Waals surface area contributed by atoms with Crippen molar-refractivity contribution in [3.8, 4) is 0 Å². The topological polar surface area (TPSA) is 23.8 Å². The van der Waals surface area contributed by atoms with Gasteiger partial charge < -0.3 is 5.73 Å². The molecule has 0 saturated heterocycles.